The molecule has 1 fully saturated rings. The Labute approximate surface area is 126 Å². The van der Waals surface area contributed by atoms with E-state index in [0.29, 0.717) is 5.41 Å². The molecule has 4 heteroatoms. The molecule has 2 N–H and O–H groups in total. The standard InChI is InChI=1S/C17H25N3O/c1-3-17(8-4-5-9-17)12-18-10-14-11-19-20-16(14)15-7-6-13(2)21-15/h6-7,11,18H,3-5,8-10,12H2,1-2H3,(H,19,20). The summed E-state index contributed by atoms with van der Waals surface area (Å²) in [5.74, 6) is 1.79. The highest BCUT2D eigenvalue weighted by atomic mass is 16.3. The summed E-state index contributed by atoms with van der Waals surface area (Å²) in [6, 6.07) is 3.98. The van der Waals surface area contributed by atoms with Crippen molar-refractivity contribution in [2.45, 2.75) is 52.5 Å². The van der Waals surface area contributed by atoms with Crippen LogP contribution in [-0.2, 0) is 6.54 Å². The summed E-state index contributed by atoms with van der Waals surface area (Å²) < 4.78 is 5.69. The van der Waals surface area contributed by atoms with Gasteiger partial charge in [-0.05, 0) is 43.7 Å². The van der Waals surface area contributed by atoms with Gasteiger partial charge in [0.1, 0.15) is 11.5 Å². The zero-order valence-corrected chi connectivity index (χ0v) is 13.0. The minimum Gasteiger partial charge on any atom is -0.460 e. The monoisotopic (exact) mass is 287 g/mol. The number of rotatable bonds is 6. The lowest BCUT2D eigenvalue weighted by Gasteiger charge is -2.27. The van der Waals surface area contributed by atoms with Gasteiger partial charge in [-0.25, -0.2) is 0 Å². The number of furan rings is 1. The van der Waals surface area contributed by atoms with Gasteiger partial charge >= 0.3 is 0 Å². The van der Waals surface area contributed by atoms with Crippen molar-refractivity contribution in [3.63, 3.8) is 0 Å². The molecule has 0 unspecified atom stereocenters. The smallest absolute Gasteiger partial charge is 0.152 e. The maximum atomic E-state index is 5.69. The van der Waals surface area contributed by atoms with Gasteiger partial charge in [-0.1, -0.05) is 19.8 Å². The predicted octanol–water partition coefficient (Wildman–Crippen LogP) is 4.04. The fraction of sp³-hybridized carbons (Fsp3) is 0.588. The molecule has 2 heterocycles. The second-order valence-electron chi connectivity index (χ2n) is 6.34. The van der Waals surface area contributed by atoms with E-state index in [0.717, 1.165) is 30.3 Å². The van der Waals surface area contributed by atoms with E-state index in [1.165, 1.54) is 37.7 Å². The molecule has 0 radical (unpaired) electrons. The Hall–Kier alpha value is -1.55. The molecule has 0 spiro atoms. The maximum Gasteiger partial charge on any atom is 0.152 e. The van der Waals surface area contributed by atoms with Crippen LogP contribution in [0.3, 0.4) is 0 Å². The van der Waals surface area contributed by atoms with Gasteiger partial charge in [-0.2, -0.15) is 5.10 Å². The molecule has 0 amide bonds. The maximum absolute atomic E-state index is 5.69. The van der Waals surface area contributed by atoms with Gasteiger partial charge < -0.3 is 9.73 Å². The van der Waals surface area contributed by atoms with Crippen LogP contribution in [0.25, 0.3) is 11.5 Å². The zero-order chi connectivity index (χ0) is 14.7. The summed E-state index contributed by atoms with van der Waals surface area (Å²) in [7, 11) is 0. The number of nitrogens with one attached hydrogen (secondary N) is 2. The van der Waals surface area contributed by atoms with Crippen molar-refractivity contribution in [2.24, 2.45) is 5.41 Å². The molecule has 0 atom stereocenters. The molecule has 1 saturated carbocycles. The summed E-state index contributed by atoms with van der Waals surface area (Å²) in [6.45, 7) is 6.23. The first-order valence-corrected chi connectivity index (χ1v) is 8.02. The SMILES string of the molecule is CCC1(CNCc2cn[nH]c2-c2ccc(C)o2)CCCC1. The number of aryl methyl sites for hydroxylation is 1. The lowest BCUT2D eigenvalue weighted by Crippen LogP contribution is -2.31. The van der Waals surface area contributed by atoms with E-state index in [-0.39, 0.29) is 0 Å². The molecular formula is C17H25N3O. The highest BCUT2D eigenvalue weighted by molar-refractivity contribution is 5.56. The van der Waals surface area contributed by atoms with E-state index in [2.05, 4.69) is 22.4 Å². The van der Waals surface area contributed by atoms with Gasteiger partial charge in [0.05, 0.1) is 6.20 Å². The second-order valence-corrected chi connectivity index (χ2v) is 6.34. The molecule has 2 aromatic heterocycles. The Morgan fingerprint density at radius 2 is 2.14 bits per heavy atom. The van der Waals surface area contributed by atoms with Crippen molar-refractivity contribution in [3.05, 3.63) is 29.7 Å². The Morgan fingerprint density at radius 1 is 1.33 bits per heavy atom. The number of H-pyrrole nitrogens is 1. The van der Waals surface area contributed by atoms with Crippen molar-refractivity contribution >= 4 is 0 Å². The lowest BCUT2D eigenvalue weighted by molar-refractivity contribution is 0.268. The summed E-state index contributed by atoms with van der Waals surface area (Å²) >= 11 is 0. The number of nitrogens with zero attached hydrogens (tertiary/aromatic N) is 1. The third-order valence-electron chi connectivity index (χ3n) is 4.93. The second kappa shape index (κ2) is 6.06. The van der Waals surface area contributed by atoms with Gasteiger partial charge in [0.15, 0.2) is 5.76 Å². The van der Waals surface area contributed by atoms with E-state index < -0.39 is 0 Å². The molecule has 0 aromatic carbocycles. The van der Waals surface area contributed by atoms with Crippen LogP contribution in [0.4, 0.5) is 0 Å². The predicted molar refractivity (Wildman–Crippen MR) is 83.9 cm³/mol. The van der Waals surface area contributed by atoms with Crippen LogP contribution in [0.5, 0.6) is 0 Å². The molecule has 1 aliphatic carbocycles. The molecule has 3 rings (SSSR count). The number of aromatic amines is 1. The average molecular weight is 287 g/mol. The molecule has 0 bridgehead atoms. The number of hydrogen-bond donors (Lipinski definition) is 2. The summed E-state index contributed by atoms with van der Waals surface area (Å²) in [5.41, 5.74) is 2.69. The van der Waals surface area contributed by atoms with Crippen LogP contribution < -0.4 is 5.32 Å². The molecule has 21 heavy (non-hydrogen) atoms. The largest absolute Gasteiger partial charge is 0.460 e. The Kier molecular flexibility index (Phi) is 4.15. The Balaban J connectivity index is 1.62. The molecular weight excluding hydrogens is 262 g/mol. The fourth-order valence-electron chi connectivity index (χ4n) is 3.47. The van der Waals surface area contributed by atoms with Crippen molar-refractivity contribution in [2.75, 3.05) is 6.54 Å². The number of aromatic nitrogens is 2. The molecule has 114 valence electrons. The van der Waals surface area contributed by atoms with Gasteiger partial charge in [-0.15, -0.1) is 0 Å². The summed E-state index contributed by atoms with van der Waals surface area (Å²) in [5, 5.41) is 10.9. The first kappa shape index (κ1) is 14.4. The van der Waals surface area contributed by atoms with E-state index in [1.54, 1.807) is 0 Å². The van der Waals surface area contributed by atoms with Crippen LogP contribution in [0.2, 0.25) is 0 Å². The van der Waals surface area contributed by atoms with Gasteiger partial charge in [0, 0.05) is 18.7 Å². The van der Waals surface area contributed by atoms with Crippen LogP contribution >= 0.6 is 0 Å². The van der Waals surface area contributed by atoms with E-state index in [1.807, 2.05) is 25.3 Å². The number of hydrogen-bond acceptors (Lipinski definition) is 3. The Bertz CT molecular complexity index is 578. The van der Waals surface area contributed by atoms with Gasteiger partial charge in [0.25, 0.3) is 0 Å². The van der Waals surface area contributed by atoms with E-state index in [4.69, 9.17) is 4.42 Å². The summed E-state index contributed by atoms with van der Waals surface area (Å²) in [6.07, 6.45) is 8.68. The zero-order valence-electron chi connectivity index (χ0n) is 13.0. The highest BCUT2D eigenvalue weighted by Gasteiger charge is 2.31. The van der Waals surface area contributed by atoms with Crippen LogP contribution in [0, 0.1) is 12.3 Å². The third-order valence-corrected chi connectivity index (χ3v) is 4.93. The third kappa shape index (κ3) is 3.05. The molecule has 1 aliphatic rings. The van der Waals surface area contributed by atoms with Crippen LogP contribution in [0.1, 0.15) is 50.4 Å². The topological polar surface area (TPSA) is 53.9 Å². The van der Waals surface area contributed by atoms with Crippen LogP contribution in [-0.4, -0.2) is 16.7 Å². The average Bonchev–Trinajstić information content (AvgIpc) is 3.19. The van der Waals surface area contributed by atoms with Crippen molar-refractivity contribution in [1.82, 2.24) is 15.5 Å². The minimum atomic E-state index is 0.519. The quantitative estimate of drug-likeness (QED) is 0.843. The minimum absolute atomic E-state index is 0.519. The molecule has 0 saturated heterocycles. The van der Waals surface area contributed by atoms with E-state index >= 15 is 0 Å². The lowest BCUT2D eigenvalue weighted by atomic mass is 9.83. The van der Waals surface area contributed by atoms with Gasteiger partial charge in [0.2, 0.25) is 0 Å². The van der Waals surface area contributed by atoms with Gasteiger partial charge in [-0.3, -0.25) is 5.10 Å². The van der Waals surface area contributed by atoms with Crippen molar-refractivity contribution in [1.29, 1.82) is 0 Å². The van der Waals surface area contributed by atoms with E-state index in [9.17, 15) is 0 Å². The fourth-order valence-corrected chi connectivity index (χ4v) is 3.47. The highest BCUT2D eigenvalue weighted by Crippen LogP contribution is 2.40. The molecule has 2 aromatic rings. The Morgan fingerprint density at radius 3 is 2.81 bits per heavy atom. The normalized spacial score (nSPS) is 17.4. The van der Waals surface area contributed by atoms with Crippen molar-refractivity contribution in [3.8, 4) is 11.5 Å². The first-order chi connectivity index (χ1) is 10.2. The molecule has 4 nitrogen and oxygen atoms in total. The summed E-state index contributed by atoms with van der Waals surface area (Å²) in [4.78, 5) is 0. The van der Waals surface area contributed by atoms with Crippen molar-refractivity contribution < 1.29 is 4.42 Å². The first-order valence-electron chi connectivity index (χ1n) is 8.02. The molecule has 0 aliphatic heterocycles. The van der Waals surface area contributed by atoms with Crippen LogP contribution in [0.15, 0.2) is 22.7 Å².